The third-order valence-corrected chi connectivity index (χ3v) is 7.97. The highest BCUT2D eigenvalue weighted by atomic mass is 32.2. The Morgan fingerprint density at radius 2 is 1.50 bits per heavy atom. The summed E-state index contributed by atoms with van der Waals surface area (Å²) in [6.45, 7) is 7.69. The number of aryl methyl sites for hydroxylation is 3. The average molecular weight is 482 g/mol. The van der Waals surface area contributed by atoms with Gasteiger partial charge in [0.25, 0.3) is 5.91 Å². The third-order valence-electron chi connectivity index (χ3n) is 6.07. The van der Waals surface area contributed by atoms with Crippen molar-refractivity contribution in [1.82, 2.24) is 4.31 Å². The second-order valence-corrected chi connectivity index (χ2v) is 10.6. The number of sulfonamides is 1. The second kappa shape index (κ2) is 9.56. The molecule has 178 valence electrons. The lowest BCUT2D eigenvalue weighted by Gasteiger charge is -2.36. The molecule has 0 radical (unpaired) electrons. The van der Waals surface area contributed by atoms with E-state index in [9.17, 15) is 17.6 Å². The molecule has 1 fully saturated rings. The van der Waals surface area contributed by atoms with Crippen LogP contribution in [-0.2, 0) is 10.0 Å². The number of carbonyl (C=O) groups excluding carboxylic acids is 1. The minimum absolute atomic E-state index is 0.0943. The highest BCUT2D eigenvalue weighted by Gasteiger charge is 2.30. The minimum Gasteiger partial charge on any atom is -0.369 e. The zero-order valence-electron chi connectivity index (χ0n) is 19.5. The Morgan fingerprint density at radius 1 is 0.853 bits per heavy atom. The normalized spacial score (nSPS) is 14.8. The molecule has 1 amide bonds. The summed E-state index contributed by atoms with van der Waals surface area (Å²) < 4.78 is 42.4. The molecule has 0 atom stereocenters. The Balaban J connectivity index is 1.51. The maximum absolute atomic E-state index is 14.5. The van der Waals surface area contributed by atoms with E-state index >= 15 is 0 Å². The van der Waals surface area contributed by atoms with Crippen molar-refractivity contribution in [3.8, 4) is 0 Å². The third kappa shape index (κ3) is 4.98. The second-order valence-electron chi connectivity index (χ2n) is 8.64. The van der Waals surface area contributed by atoms with Gasteiger partial charge in [-0.3, -0.25) is 4.79 Å². The highest BCUT2D eigenvalue weighted by Crippen LogP contribution is 2.26. The summed E-state index contributed by atoms with van der Waals surface area (Å²) in [6, 6.07) is 16.7. The van der Waals surface area contributed by atoms with Crippen molar-refractivity contribution in [2.24, 2.45) is 0 Å². The van der Waals surface area contributed by atoms with Gasteiger partial charge in [-0.05, 0) is 68.3 Å². The number of anilines is 2. The molecule has 0 saturated carbocycles. The molecule has 0 aromatic heterocycles. The van der Waals surface area contributed by atoms with Crippen LogP contribution in [-0.4, -0.2) is 44.8 Å². The molecular formula is C26H28FN3O3S. The molecule has 0 spiro atoms. The van der Waals surface area contributed by atoms with Gasteiger partial charge in [-0.2, -0.15) is 4.31 Å². The fourth-order valence-corrected chi connectivity index (χ4v) is 5.50. The number of amides is 1. The predicted octanol–water partition coefficient (Wildman–Crippen LogP) is 4.51. The summed E-state index contributed by atoms with van der Waals surface area (Å²) in [7, 11) is -3.88. The summed E-state index contributed by atoms with van der Waals surface area (Å²) in [5, 5.41) is 2.62. The van der Waals surface area contributed by atoms with Crippen LogP contribution in [0, 0.1) is 26.6 Å². The van der Waals surface area contributed by atoms with E-state index in [0.717, 1.165) is 34.5 Å². The number of hydrogen-bond donors (Lipinski definition) is 1. The van der Waals surface area contributed by atoms with E-state index in [0.29, 0.717) is 31.9 Å². The van der Waals surface area contributed by atoms with Crippen LogP contribution >= 0.6 is 0 Å². The summed E-state index contributed by atoms with van der Waals surface area (Å²) in [6.07, 6.45) is 0. The maximum atomic E-state index is 14.5. The highest BCUT2D eigenvalue weighted by molar-refractivity contribution is 7.89. The summed E-state index contributed by atoms with van der Waals surface area (Å²) in [4.78, 5) is 14.8. The Morgan fingerprint density at radius 3 is 2.18 bits per heavy atom. The zero-order valence-corrected chi connectivity index (χ0v) is 20.3. The number of rotatable bonds is 5. The van der Waals surface area contributed by atoms with Crippen LogP contribution in [0.25, 0.3) is 0 Å². The number of nitrogens with one attached hydrogen (secondary N) is 1. The van der Waals surface area contributed by atoms with E-state index in [1.165, 1.54) is 10.4 Å². The molecule has 0 aliphatic carbocycles. The summed E-state index contributed by atoms with van der Waals surface area (Å²) in [5.74, 6) is -1.47. The number of nitrogens with zero attached hydrogens (tertiary/aromatic N) is 2. The van der Waals surface area contributed by atoms with Crippen molar-refractivity contribution < 1.29 is 17.6 Å². The van der Waals surface area contributed by atoms with Crippen molar-refractivity contribution in [2.45, 2.75) is 25.7 Å². The van der Waals surface area contributed by atoms with Gasteiger partial charge < -0.3 is 10.2 Å². The van der Waals surface area contributed by atoms with Gasteiger partial charge in [-0.25, -0.2) is 12.8 Å². The van der Waals surface area contributed by atoms with Gasteiger partial charge in [0.2, 0.25) is 10.0 Å². The Kier molecular flexibility index (Phi) is 6.72. The minimum atomic E-state index is -3.88. The number of carbonyl (C=O) groups is 1. The molecule has 1 heterocycles. The molecule has 0 bridgehead atoms. The lowest BCUT2D eigenvalue weighted by Crippen LogP contribution is -2.48. The lowest BCUT2D eigenvalue weighted by molar-refractivity contribution is 0.102. The molecule has 6 nitrogen and oxygen atoms in total. The number of benzene rings is 3. The average Bonchev–Trinajstić information content (AvgIpc) is 2.82. The van der Waals surface area contributed by atoms with Crippen LogP contribution in [0.2, 0.25) is 0 Å². The molecular weight excluding hydrogens is 453 g/mol. The summed E-state index contributed by atoms with van der Waals surface area (Å²) >= 11 is 0. The van der Waals surface area contributed by atoms with Gasteiger partial charge >= 0.3 is 0 Å². The molecule has 1 aliphatic rings. The van der Waals surface area contributed by atoms with Crippen LogP contribution in [0.15, 0.2) is 65.6 Å². The fourth-order valence-electron chi connectivity index (χ4n) is 4.05. The van der Waals surface area contributed by atoms with Gasteiger partial charge in [0.05, 0.1) is 10.5 Å². The van der Waals surface area contributed by atoms with Gasteiger partial charge in [0.1, 0.15) is 5.82 Å². The predicted molar refractivity (Wildman–Crippen MR) is 132 cm³/mol. The summed E-state index contributed by atoms with van der Waals surface area (Å²) in [5.41, 5.74) is 4.62. The molecule has 1 saturated heterocycles. The van der Waals surface area contributed by atoms with E-state index in [1.807, 2.05) is 32.9 Å². The number of piperazine rings is 1. The molecule has 3 aromatic carbocycles. The van der Waals surface area contributed by atoms with Crippen molar-refractivity contribution in [2.75, 3.05) is 36.4 Å². The monoisotopic (exact) mass is 481 g/mol. The quantitative estimate of drug-likeness (QED) is 0.582. The molecule has 4 rings (SSSR count). The van der Waals surface area contributed by atoms with Crippen molar-refractivity contribution in [3.63, 3.8) is 0 Å². The first-order valence-electron chi connectivity index (χ1n) is 11.1. The van der Waals surface area contributed by atoms with E-state index in [1.54, 1.807) is 12.1 Å². The Bertz CT molecular complexity index is 1320. The number of halogens is 1. The van der Waals surface area contributed by atoms with Gasteiger partial charge in [-0.15, -0.1) is 0 Å². The van der Waals surface area contributed by atoms with Crippen LogP contribution in [0.1, 0.15) is 27.0 Å². The van der Waals surface area contributed by atoms with Crippen LogP contribution in [0.3, 0.4) is 0 Å². The molecule has 8 heteroatoms. The van der Waals surface area contributed by atoms with E-state index in [-0.39, 0.29) is 10.5 Å². The molecule has 1 N–H and O–H groups in total. The SMILES string of the molecule is Cc1ccc(NC(=O)c2cc(S(=O)(=O)N3CCN(c4cc(C)ccc4C)CC3)ccc2F)cc1. The Labute approximate surface area is 200 Å². The zero-order chi connectivity index (χ0) is 24.5. The smallest absolute Gasteiger partial charge is 0.258 e. The van der Waals surface area contributed by atoms with Gasteiger partial charge in [0.15, 0.2) is 0 Å². The van der Waals surface area contributed by atoms with Crippen molar-refractivity contribution in [1.29, 1.82) is 0 Å². The Hall–Kier alpha value is -3.23. The van der Waals surface area contributed by atoms with Gasteiger partial charge in [0, 0.05) is 37.6 Å². The topological polar surface area (TPSA) is 69.7 Å². The largest absolute Gasteiger partial charge is 0.369 e. The lowest BCUT2D eigenvalue weighted by atomic mass is 10.1. The van der Waals surface area contributed by atoms with E-state index < -0.39 is 21.7 Å². The van der Waals surface area contributed by atoms with E-state index in [2.05, 4.69) is 28.4 Å². The first-order valence-corrected chi connectivity index (χ1v) is 12.6. The molecule has 3 aromatic rings. The first kappa shape index (κ1) is 23.9. The van der Waals surface area contributed by atoms with Crippen LogP contribution in [0.4, 0.5) is 15.8 Å². The van der Waals surface area contributed by atoms with Crippen molar-refractivity contribution >= 4 is 27.3 Å². The van der Waals surface area contributed by atoms with Crippen molar-refractivity contribution in [3.05, 3.63) is 88.7 Å². The van der Waals surface area contributed by atoms with Gasteiger partial charge in [-0.1, -0.05) is 29.8 Å². The van der Waals surface area contributed by atoms with Crippen LogP contribution < -0.4 is 10.2 Å². The first-order chi connectivity index (χ1) is 16.1. The molecule has 1 aliphatic heterocycles. The molecule has 0 unspecified atom stereocenters. The van der Waals surface area contributed by atoms with Crippen LogP contribution in [0.5, 0.6) is 0 Å². The maximum Gasteiger partial charge on any atom is 0.258 e. The standard InChI is InChI=1S/C26H28FN3O3S/c1-18-5-8-21(9-6-18)28-26(31)23-17-22(10-11-24(23)27)34(32,33)30-14-12-29(13-15-30)25-16-19(2)4-7-20(25)3/h4-11,16-17H,12-15H2,1-3H3,(H,28,31). The van der Waals surface area contributed by atoms with E-state index in [4.69, 9.17) is 0 Å². The molecule has 34 heavy (non-hydrogen) atoms. The fraction of sp³-hybridized carbons (Fsp3) is 0.269. The number of hydrogen-bond acceptors (Lipinski definition) is 4.